The lowest BCUT2D eigenvalue weighted by Crippen LogP contribution is -2.82. The van der Waals surface area contributed by atoms with Gasteiger partial charge in [-0.05, 0) is 80.8 Å². The number of benzene rings is 1. The highest BCUT2D eigenvalue weighted by molar-refractivity contribution is 6.01. The van der Waals surface area contributed by atoms with Crippen LogP contribution < -0.4 is 9.73 Å². The molecule has 3 unspecified atom stereocenters. The zero-order chi connectivity index (χ0) is 22.5. The van der Waals surface area contributed by atoms with Gasteiger partial charge in [-0.3, -0.25) is 9.69 Å². The Bertz CT molecular complexity index is 947. The number of fused-ring (bicyclic) bond motifs is 1. The van der Waals surface area contributed by atoms with Gasteiger partial charge in [-0.1, -0.05) is 13.8 Å². The average molecular weight is 441 g/mol. The maximum absolute atomic E-state index is 12.9. The second-order valence-corrected chi connectivity index (χ2v) is 10.6. The van der Waals surface area contributed by atoms with Gasteiger partial charge in [0.2, 0.25) is 0 Å². The molecule has 1 aromatic rings. The molecule has 2 N–H and O–H groups in total. The third-order valence-electron chi connectivity index (χ3n) is 7.84. The molecule has 3 heterocycles. The van der Waals surface area contributed by atoms with Gasteiger partial charge >= 0.3 is 11.8 Å². The number of amides is 2. The van der Waals surface area contributed by atoms with E-state index in [1.54, 1.807) is 4.90 Å². The first kappa shape index (κ1) is 21.4. The Balaban J connectivity index is 1.27. The lowest BCUT2D eigenvalue weighted by atomic mass is 9.82. The highest BCUT2D eigenvalue weighted by Gasteiger charge is 2.41. The van der Waals surface area contributed by atoms with Gasteiger partial charge in [0.05, 0.1) is 6.42 Å². The molecule has 5 rings (SSSR count). The molecule has 1 saturated heterocycles. The summed E-state index contributed by atoms with van der Waals surface area (Å²) >= 11 is 0. The van der Waals surface area contributed by atoms with Gasteiger partial charge in [0.15, 0.2) is 6.04 Å². The van der Waals surface area contributed by atoms with Crippen molar-refractivity contribution in [2.75, 3.05) is 13.1 Å². The lowest BCUT2D eigenvalue weighted by Gasteiger charge is -2.41. The maximum atomic E-state index is 12.9. The number of aliphatic hydroxyl groups is 1. The summed E-state index contributed by atoms with van der Waals surface area (Å²) in [4.78, 5) is 31.2. The summed E-state index contributed by atoms with van der Waals surface area (Å²) in [6, 6.07) is 5.73. The summed E-state index contributed by atoms with van der Waals surface area (Å²) in [5.41, 5.74) is 2.02. The fraction of sp³-hybridized carbons (Fsp3) is 0.640. The van der Waals surface area contributed by atoms with Crippen LogP contribution in [0, 0.1) is 5.41 Å². The molecule has 0 bridgehead atoms. The molecule has 2 fully saturated rings. The van der Waals surface area contributed by atoms with Crippen molar-refractivity contribution in [2.45, 2.75) is 83.5 Å². The van der Waals surface area contributed by atoms with Crippen molar-refractivity contribution in [1.82, 2.24) is 9.80 Å². The number of carbonyl (C=O) groups is 2. The topological polar surface area (TPSA) is 84.1 Å². The highest BCUT2D eigenvalue weighted by atomic mass is 16.5. The molecule has 3 aliphatic heterocycles. The second-order valence-electron chi connectivity index (χ2n) is 10.6. The molecule has 2 amide bonds. The number of nitrogens with one attached hydrogen (secondary N) is 1. The minimum atomic E-state index is -0.473. The van der Waals surface area contributed by atoms with E-state index in [2.05, 4.69) is 23.7 Å². The van der Waals surface area contributed by atoms with Crippen molar-refractivity contribution < 1.29 is 24.4 Å². The van der Waals surface area contributed by atoms with Crippen molar-refractivity contribution in [1.29, 1.82) is 0 Å². The number of likely N-dealkylation sites (tertiary alicyclic amines) is 1. The number of hydrogen-bond donors (Lipinski definition) is 2. The third kappa shape index (κ3) is 4.03. The van der Waals surface area contributed by atoms with Crippen LogP contribution in [0.5, 0.6) is 5.75 Å². The van der Waals surface area contributed by atoms with Gasteiger partial charge in [-0.15, -0.1) is 4.99 Å². The Kier molecular flexibility index (Phi) is 5.48. The number of aliphatic hydroxyl groups excluding tert-OH is 1. The molecule has 7 heteroatoms. The molecule has 32 heavy (non-hydrogen) atoms. The van der Waals surface area contributed by atoms with Crippen molar-refractivity contribution in [3.05, 3.63) is 29.3 Å². The predicted octanol–water partition coefficient (Wildman–Crippen LogP) is 1.79. The maximum Gasteiger partial charge on any atom is 0.388 e. The highest BCUT2D eigenvalue weighted by Crippen LogP contribution is 2.36. The van der Waals surface area contributed by atoms with E-state index in [1.807, 2.05) is 18.2 Å². The standard InChI is InChI=1S/C25H33N3O4/c1-25(2)10-12-27(13-11-25)19-4-3-5-21(19)32-17-6-7-18-16(14-17)15-28(24(18)31)20-8-9-22(29)26-23(20)30/h6-7,14,19-21H,3-5,8-13,15H2,1-2H3,(H,26,29,30)/p+1. The van der Waals surface area contributed by atoms with Crippen molar-refractivity contribution in [3.63, 3.8) is 0 Å². The largest absolute Gasteiger partial charge is 0.489 e. The minimum Gasteiger partial charge on any atom is -0.489 e. The smallest absolute Gasteiger partial charge is 0.388 e. The van der Waals surface area contributed by atoms with E-state index in [-0.39, 0.29) is 23.8 Å². The molecule has 7 nitrogen and oxygen atoms in total. The summed E-state index contributed by atoms with van der Waals surface area (Å²) in [6.07, 6.45) is 6.85. The van der Waals surface area contributed by atoms with Crippen LogP contribution in [0.3, 0.4) is 0 Å². The molecular formula is C25H34N3O4+. The quantitative estimate of drug-likeness (QED) is 0.746. The Morgan fingerprint density at radius 1 is 1.12 bits per heavy atom. The van der Waals surface area contributed by atoms with Crippen LogP contribution in [-0.4, -0.2) is 63.9 Å². The molecule has 0 radical (unpaired) electrons. The summed E-state index contributed by atoms with van der Waals surface area (Å²) in [6.45, 7) is 7.43. The van der Waals surface area contributed by atoms with E-state index in [0.717, 1.165) is 30.8 Å². The number of ether oxygens (including phenoxy) is 1. The fourth-order valence-electron chi connectivity index (χ4n) is 5.74. The number of nitrogens with zero attached hydrogens (tertiary/aromatic N) is 2. The number of rotatable bonds is 4. The summed E-state index contributed by atoms with van der Waals surface area (Å²) in [5, 5.41) is 10.2. The van der Waals surface area contributed by atoms with Crippen molar-refractivity contribution in [3.8, 4) is 5.75 Å². The zero-order valence-electron chi connectivity index (χ0n) is 19.1. The Labute approximate surface area is 189 Å². The third-order valence-corrected chi connectivity index (χ3v) is 7.84. The van der Waals surface area contributed by atoms with Crippen LogP contribution in [-0.2, 0) is 11.3 Å². The van der Waals surface area contributed by atoms with Crippen LogP contribution in [0.1, 0.15) is 74.7 Å². The van der Waals surface area contributed by atoms with Crippen molar-refractivity contribution >= 4 is 17.7 Å². The number of hydrogen-bond acceptors (Lipinski definition) is 4. The summed E-state index contributed by atoms with van der Waals surface area (Å²) in [7, 11) is 0. The van der Waals surface area contributed by atoms with Crippen LogP contribution in [0.25, 0.3) is 0 Å². The lowest BCUT2D eigenvalue weighted by molar-refractivity contribution is -0.394. The van der Waals surface area contributed by atoms with Crippen LogP contribution in [0.2, 0.25) is 0 Å². The Morgan fingerprint density at radius 2 is 1.91 bits per heavy atom. The zero-order valence-corrected chi connectivity index (χ0v) is 19.1. The van der Waals surface area contributed by atoms with Gasteiger partial charge in [0.25, 0.3) is 5.91 Å². The van der Waals surface area contributed by atoms with E-state index in [1.165, 1.54) is 25.7 Å². The molecule has 3 atom stereocenters. The normalized spacial score (nSPS) is 30.4. The van der Waals surface area contributed by atoms with Gasteiger partial charge in [0.1, 0.15) is 11.9 Å². The van der Waals surface area contributed by atoms with E-state index in [4.69, 9.17) is 4.74 Å². The molecular weight excluding hydrogens is 406 g/mol. The van der Waals surface area contributed by atoms with Gasteiger partial charge < -0.3 is 14.7 Å². The number of piperidine rings is 1. The molecule has 0 aromatic heterocycles. The van der Waals surface area contributed by atoms with Crippen LogP contribution in [0.4, 0.5) is 0 Å². The SMILES string of the molecule is CC1(C)CCN(C2CCCC2Oc2ccc3c(c2)CN(C2CCC(=O)[NH+]=C2O)C3=O)CC1. The van der Waals surface area contributed by atoms with E-state index in [9.17, 15) is 14.7 Å². The minimum absolute atomic E-state index is 0.103. The molecule has 4 aliphatic rings. The van der Waals surface area contributed by atoms with E-state index >= 15 is 0 Å². The summed E-state index contributed by atoms with van der Waals surface area (Å²) < 4.78 is 6.49. The Morgan fingerprint density at radius 3 is 2.66 bits per heavy atom. The molecule has 1 aromatic carbocycles. The van der Waals surface area contributed by atoms with Gasteiger partial charge in [-0.2, -0.15) is 0 Å². The van der Waals surface area contributed by atoms with Crippen LogP contribution in [0.15, 0.2) is 18.2 Å². The average Bonchev–Trinajstić information content (AvgIpc) is 3.33. The Hall–Kier alpha value is -2.41. The van der Waals surface area contributed by atoms with E-state index in [0.29, 0.717) is 36.4 Å². The predicted molar refractivity (Wildman–Crippen MR) is 120 cm³/mol. The van der Waals surface area contributed by atoms with Gasteiger partial charge in [0, 0.05) is 18.2 Å². The monoisotopic (exact) mass is 440 g/mol. The number of carbonyl (C=O) groups excluding carboxylic acids is 2. The fourth-order valence-corrected chi connectivity index (χ4v) is 5.74. The van der Waals surface area contributed by atoms with Gasteiger partial charge in [-0.25, -0.2) is 4.79 Å². The summed E-state index contributed by atoms with van der Waals surface area (Å²) in [5.74, 6) is 0.381. The second kappa shape index (κ2) is 8.18. The van der Waals surface area contributed by atoms with Crippen molar-refractivity contribution in [2.24, 2.45) is 5.41 Å². The van der Waals surface area contributed by atoms with Crippen LogP contribution >= 0.6 is 0 Å². The molecule has 1 saturated carbocycles. The molecule has 0 spiro atoms. The first-order chi connectivity index (χ1) is 15.3. The molecule has 172 valence electrons. The first-order valence-corrected chi connectivity index (χ1v) is 12.0. The van der Waals surface area contributed by atoms with E-state index < -0.39 is 6.04 Å². The first-order valence-electron chi connectivity index (χ1n) is 12.0. The molecule has 1 aliphatic carbocycles.